The molecule has 2 atom stereocenters. The van der Waals surface area contributed by atoms with Crippen LogP contribution in [0.1, 0.15) is 31.4 Å². The Morgan fingerprint density at radius 2 is 1.26 bits per heavy atom. The topological polar surface area (TPSA) is 0 Å². The summed E-state index contributed by atoms with van der Waals surface area (Å²) in [6.45, 7) is 0. The molecule has 2 heterocycles. The Morgan fingerprint density at radius 1 is 0.739 bits per heavy atom. The first-order chi connectivity index (χ1) is 11.4. The van der Waals surface area contributed by atoms with Crippen molar-refractivity contribution in [1.29, 1.82) is 0 Å². The summed E-state index contributed by atoms with van der Waals surface area (Å²) in [5.41, 5.74) is 9.56. The van der Waals surface area contributed by atoms with E-state index in [9.17, 15) is 0 Å². The number of benzene rings is 2. The molecule has 2 unspecified atom stereocenters. The van der Waals surface area contributed by atoms with Crippen LogP contribution < -0.4 is 0 Å². The third kappa shape index (κ3) is 2.90. The molecule has 0 saturated carbocycles. The van der Waals surface area contributed by atoms with Crippen LogP contribution in [0.2, 0.25) is 0 Å². The molecule has 2 fully saturated rings. The van der Waals surface area contributed by atoms with E-state index in [2.05, 4.69) is 80.0 Å². The molecule has 0 aromatic heterocycles. The summed E-state index contributed by atoms with van der Waals surface area (Å²) < 4.78 is 4.14. The molecule has 23 heavy (non-hydrogen) atoms. The van der Waals surface area contributed by atoms with Gasteiger partial charge < -0.3 is 0 Å². The van der Waals surface area contributed by atoms with Crippen LogP contribution in [-0.2, 0) is 6.42 Å². The molecule has 0 amide bonds. The summed E-state index contributed by atoms with van der Waals surface area (Å²) in [6.07, 6.45) is 1.14. The van der Waals surface area contributed by atoms with Gasteiger partial charge in [-0.15, -0.1) is 0 Å². The van der Waals surface area contributed by atoms with E-state index in [0.717, 1.165) is 6.42 Å². The van der Waals surface area contributed by atoms with Crippen molar-refractivity contribution in [2.75, 3.05) is 9.08 Å². The second-order valence-corrected chi connectivity index (χ2v) is 19.4. The Balaban J connectivity index is 1.69. The quantitative estimate of drug-likeness (QED) is 0.438. The Morgan fingerprint density at radius 3 is 1.70 bits per heavy atom. The third-order valence-electron chi connectivity index (χ3n) is 4.40. The maximum atomic E-state index is 2.41. The monoisotopic (exact) mass is 496 g/mol. The summed E-state index contributed by atoms with van der Waals surface area (Å²) in [5, 5.41) is 0. The summed E-state index contributed by atoms with van der Waals surface area (Å²) in [7, 11) is 4.45. The van der Waals surface area contributed by atoms with Crippen LogP contribution >= 0.6 is 43.6 Å². The number of fused-ring (bicyclic) bond motifs is 3. The molecule has 2 radical (unpaired) electrons. The fourth-order valence-electron chi connectivity index (χ4n) is 3.49. The van der Waals surface area contributed by atoms with Gasteiger partial charge in [0.1, 0.15) is 0 Å². The molecule has 6 heteroatoms. The van der Waals surface area contributed by atoms with Gasteiger partial charge in [-0.25, -0.2) is 0 Å². The van der Waals surface area contributed by atoms with Gasteiger partial charge in [-0.3, -0.25) is 0 Å². The molecular weight excluding hydrogens is 482 g/mol. The number of hydrogen-bond donors (Lipinski definition) is 0. The zero-order valence-electron chi connectivity index (χ0n) is 12.3. The number of rotatable bonds is 2. The van der Waals surface area contributed by atoms with Crippen LogP contribution in [0.3, 0.4) is 0 Å². The average molecular weight is 496 g/mol. The SMILES string of the molecule is c1cc2c(c(C3SC[As]S3)c1)-c1c(cccc1C1SC[As]S1)C2. The fraction of sp³-hybridized carbons (Fsp3) is 0.294. The van der Waals surface area contributed by atoms with Crippen LogP contribution in [0, 0.1) is 0 Å². The van der Waals surface area contributed by atoms with E-state index in [4.69, 9.17) is 0 Å². The van der Waals surface area contributed by atoms with Gasteiger partial charge >= 0.3 is 167 Å². The van der Waals surface area contributed by atoms with E-state index in [0.29, 0.717) is 38.4 Å². The normalized spacial score (nSPS) is 27.7. The van der Waals surface area contributed by atoms with Gasteiger partial charge in [0, 0.05) is 0 Å². The standard InChI is InChI=1S/C17H14As2S4/c1-3-10-7-11-4-2-6-13(17-21-9-19-23-17)15(11)14(10)12(5-1)16-20-8-18-22-16/h1-6,16-17H,7-9H2. The van der Waals surface area contributed by atoms with Crippen molar-refractivity contribution >= 4 is 72.8 Å². The first-order valence-electron chi connectivity index (χ1n) is 7.54. The molecule has 5 rings (SSSR count). The first kappa shape index (κ1) is 16.2. The molecule has 2 aromatic rings. The molecule has 2 saturated heterocycles. The summed E-state index contributed by atoms with van der Waals surface area (Å²) >= 11 is 5.34. The van der Waals surface area contributed by atoms with Crippen LogP contribution in [0.25, 0.3) is 11.1 Å². The molecule has 2 aromatic carbocycles. The molecule has 1 aliphatic carbocycles. The molecule has 2 aliphatic heterocycles. The van der Waals surface area contributed by atoms with E-state index in [1.807, 2.05) is 0 Å². The Hall–Kier alpha value is 0.957. The van der Waals surface area contributed by atoms with E-state index < -0.39 is 0 Å². The predicted octanol–water partition coefficient (Wildman–Crippen LogP) is 5.37. The van der Waals surface area contributed by atoms with Crippen LogP contribution in [0.5, 0.6) is 0 Å². The van der Waals surface area contributed by atoms with Gasteiger partial charge in [0.2, 0.25) is 0 Å². The van der Waals surface area contributed by atoms with E-state index >= 15 is 0 Å². The fourth-order valence-corrected chi connectivity index (χ4v) is 22.4. The second kappa shape index (κ2) is 6.93. The molecule has 0 nitrogen and oxygen atoms in total. The second-order valence-electron chi connectivity index (χ2n) is 5.66. The Bertz CT molecular complexity index is 689. The Labute approximate surface area is 165 Å². The van der Waals surface area contributed by atoms with Crippen molar-refractivity contribution < 1.29 is 0 Å². The van der Waals surface area contributed by atoms with Crippen molar-refractivity contribution in [2.45, 2.75) is 15.6 Å². The summed E-state index contributed by atoms with van der Waals surface area (Å²) in [6, 6.07) is 14.1. The van der Waals surface area contributed by atoms with E-state index in [-0.39, 0.29) is 0 Å². The zero-order valence-corrected chi connectivity index (χ0v) is 19.3. The van der Waals surface area contributed by atoms with Gasteiger partial charge in [0.05, 0.1) is 0 Å². The molecule has 0 bridgehead atoms. The number of thioether (sulfide) groups is 2. The van der Waals surface area contributed by atoms with Crippen molar-refractivity contribution in [3.63, 3.8) is 0 Å². The summed E-state index contributed by atoms with van der Waals surface area (Å²) in [5.74, 6) is 0. The zero-order chi connectivity index (χ0) is 15.2. The van der Waals surface area contributed by atoms with Crippen molar-refractivity contribution in [1.82, 2.24) is 0 Å². The molecule has 0 N–H and O–H groups in total. The van der Waals surface area contributed by atoms with Gasteiger partial charge in [0.25, 0.3) is 0 Å². The summed E-state index contributed by atoms with van der Waals surface area (Å²) in [4.78, 5) is 0. The van der Waals surface area contributed by atoms with Crippen molar-refractivity contribution in [2.24, 2.45) is 0 Å². The van der Waals surface area contributed by atoms with E-state index in [1.54, 1.807) is 33.4 Å². The molecular formula is C17H14As2S4. The third-order valence-corrected chi connectivity index (χ3v) is 21.5. The molecule has 116 valence electrons. The predicted molar refractivity (Wildman–Crippen MR) is 112 cm³/mol. The number of hydrogen-bond acceptors (Lipinski definition) is 4. The van der Waals surface area contributed by atoms with Gasteiger partial charge in [-0.05, 0) is 0 Å². The van der Waals surface area contributed by atoms with Crippen molar-refractivity contribution in [3.05, 3.63) is 58.7 Å². The Kier molecular flexibility index (Phi) is 4.87. The maximum absolute atomic E-state index is 2.41. The average Bonchev–Trinajstić information content (AvgIpc) is 3.32. The van der Waals surface area contributed by atoms with Crippen LogP contribution in [-0.4, -0.2) is 38.3 Å². The molecule has 0 spiro atoms. The van der Waals surface area contributed by atoms with Crippen LogP contribution in [0.15, 0.2) is 36.4 Å². The van der Waals surface area contributed by atoms with E-state index in [1.165, 1.54) is 9.08 Å². The first-order valence-corrected chi connectivity index (χ1v) is 18.6. The van der Waals surface area contributed by atoms with Crippen molar-refractivity contribution in [3.8, 4) is 11.1 Å². The minimum atomic E-state index is 0.497. The van der Waals surface area contributed by atoms with Gasteiger partial charge in [-0.1, -0.05) is 0 Å². The van der Waals surface area contributed by atoms with Crippen LogP contribution in [0.4, 0.5) is 0 Å². The van der Waals surface area contributed by atoms with Gasteiger partial charge in [0.15, 0.2) is 0 Å². The minimum absolute atomic E-state index is 0.497. The van der Waals surface area contributed by atoms with Gasteiger partial charge in [-0.2, -0.15) is 0 Å². The molecule has 3 aliphatic rings.